The number of anilines is 1. The second-order valence-corrected chi connectivity index (χ2v) is 5.23. The highest BCUT2D eigenvalue weighted by molar-refractivity contribution is 6.13. The number of carboxylic acid groups (broad SMARTS) is 1. The lowest BCUT2D eigenvalue weighted by molar-refractivity contribution is -0.136. The Bertz CT molecular complexity index is 949. The van der Waals surface area contributed by atoms with Gasteiger partial charge in [0.1, 0.15) is 11.6 Å². The van der Waals surface area contributed by atoms with Gasteiger partial charge in [-0.05, 0) is 12.1 Å². The summed E-state index contributed by atoms with van der Waals surface area (Å²) in [5, 5.41) is 21.7. The predicted octanol–water partition coefficient (Wildman–Crippen LogP) is 2.89. The summed E-state index contributed by atoms with van der Waals surface area (Å²) in [6.07, 6.45) is 0.961. The van der Waals surface area contributed by atoms with Gasteiger partial charge < -0.3 is 20.5 Å². The van der Waals surface area contributed by atoms with Gasteiger partial charge in [-0.3, -0.25) is 9.59 Å². The monoisotopic (exact) mass is 328 g/mol. The Morgan fingerprint density at radius 1 is 1.21 bits per heavy atom. The largest absolute Gasteiger partial charge is 0.506 e. The first kappa shape index (κ1) is 15.5. The van der Waals surface area contributed by atoms with Crippen LogP contribution in [0.2, 0.25) is 0 Å². The van der Waals surface area contributed by atoms with Crippen molar-refractivity contribution < 1.29 is 24.2 Å². The van der Waals surface area contributed by atoms with E-state index in [4.69, 9.17) is 5.11 Å². The normalized spacial score (nSPS) is 10.7. The maximum atomic E-state index is 13.9. The molecular formula is C17H13FN2O4. The molecule has 6 nitrogen and oxygen atoms in total. The highest BCUT2D eigenvalue weighted by Gasteiger charge is 2.16. The second-order valence-electron chi connectivity index (χ2n) is 5.23. The summed E-state index contributed by atoms with van der Waals surface area (Å²) in [6.45, 7) is 0. The van der Waals surface area contributed by atoms with Gasteiger partial charge in [0.2, 0.25) is 0 Å². The standard InChI is InChI=1S/C17H13FN2O4/c18-12-7-14(15(21)5-9(12)6-16(22)23)20-17(24)11-8-19-13-4-2-1-3-10(11)13/h1-5,7-8,19,21H,6H2,(H,20,24)(H,22,23). The molecule has 0 saturated carbocycles. The van der Waals surface area contributed by atoms with Crippen molar-refractivity contribution in [2.45, 2.75) is 6.42 Å². The Morgan fingerprint density at radius 2 is 1.96 bits per heavy atom. The molecule has 2 aromatic carbocycles. The summed E-state index contributed by atoms with van der Waals surface area (Å²) >= 11 is 0. The highest BCUT2D eigenvalue weighted by Crippen LogP contribution is 2.28. The third kappa shape index (κ3) is 2.91. The Kier molecular flexibility index (Phi) is 3.91. The molecular weight excluding hydrogens is 315 g/mol. The number of hydrogen-bond acceptors (Lipinski definition) is 3. The van der Waals surface area contributed by atoms with Crippen LogP contribution in [0.1, 0.15) is 15.9 Å². The molecule has 3 rings (SSSR count). The minimum absolute atomic E-state index is 0.128. The molecule has 0 spiro atoms. The zero-order valence-electron chi connectivity index (χ0n) is 12.3. The van der Waals surface area contributed by atoms with E-state index >= 15 is 0 Å². The van der Waals surface area contributed by atoms with Crippen molar-refractivity contribution >= 4 is 28.5 Å². The molecule has 4 N–H and O–H groups in total. The van der Waals surface area contributed by atoms with Crippen LogP contribution in [0.3, 0.4) is 0 Å². The van der Waals surface area contributed by atoms with Crippen LogP contribution in [0, 0.1) is 5.82 Å². The summed E-state index contributed by atoms with van der Waals surface area (Å²) in [5.41, 5.74) is 0.830. The van der Waals surface area contributed by atoms with E-state index in [2.05, 4.69) is 10.3 Å². The fraction of sp³-hybridized carbons (Fsp3) is 0.0588. The molecule has 0 atom stereocenters. The number of aliphatic carboxylic acids is 1. The van der Waals surface area contributed by atoms with Gasteiger partial charge in [-0.1, -0.05) is 18.2 Å². The molecule has 0 radical (unpaired) electrons. The highest BCUT2D eigenvalue weighted by atomic mass is 19.1. The molecule has 0 aliphatic rings. The molecule has 0 fully saturated rings. The lowest BCUT2D eigenvalue weighted by Gasteiger charge is -2.09. The summed E-state index contributed by atoms with van der Waals surface area (Å²) in [6, 6.07) is 9.07. The van der Waals surface area contributed by atoms with Gasteiger partial charge in [-0.15, -0.1) is 0 Å². The number of rotatable bonds is 4. The first-order valence-corrected chi connectivity index (χ1v) is 7.06. The number of para-hydroxylation sites is 1. The summed E-state index contributed by atoms with van der Waals surface area (Å²) in [7, 11) is 0. The SMILES string of the molecule is O=C(O)Cc1cc(O)c(NC(=O)c2c[nH]c3ccccc23)cc1F. The van der Waals surface area contributed by atoms with Gasteiger partial charge in [0.05, 0.1) is 17.7 Å². The lowest BCUT2D eigenvalue weighted by Crippen LogP contribution is -2.12. The Balaban J connectivity index is 1.89. The third-order valence-electron chi connectivity index (χ3n) is 3.59. The van der Waals surface area contributed by atoms with E-state index in [1.54, 1.807) is 12.1 Å². The molecule has 7 heteroatoms. The van der Waals surface area contributed by atoms with Crippen molar-refractivity contribution in [3.05, 3.63) is 59.5 Å². The number of halogens is 1. The number of benzene rings is 2. The van der Waals surface area contributed by atoms with Gasteiger partial charge >= 0.3 is 5.97 Å². The van der Waals surface area contributed by atoms with Crippen molar-refractivity contribution in [1.82, 2.24) is 4.98 Å². The number of phenols is 1. The van der Waals surface area contributed by atoms with Crippen molar-refractivity contribution in [2.24, 2.45) is 0 Å². The summed E-state index contributed by atoms with van der Waals surface area (Å²) in [4.78, 5) is 26.0. The van der Waals surface area contributed by atoms with Crippen LogP contribution < -0.4 is 5.32 Å². The van der Waals surface area contributed by atoms with Crippen molar-refractivity contribution in [3.8, 4) is 5.75 Å². The molecule has 1 aromatic heterocycles. The number of nitrogens with one attached hydrogen (secondary N) is 2. The summed E-state index contributed by atoms with van der Waals surface area (Å²) < 4.78 is 13.9. The lowest BCUT2D eigenvalue weighted by atomic mass is 10.1. The fourth-order valence-corrected chi connectivity index (χ4v) is 2.45. The van der Waals surface area contributed by atoms with E-state index in [-0.39, 0.29) is 11.3 Å². The average Bonchev–Trinajstić information content (AvgIpc) is 2.95. The molecule has 122 valence electrons. The quantitative estimate of drug-likeness (QED) is 0.553. The number of aromatic nitrogens is 1. The molecule has 3 aromatic rings. The number of fused-ring (bicyclic) bond motifs is 1. The van der Waals surface area contributed by atoms with E-state index < -0.39 is 29.9 Å². The Morgan fingerprint density at radius 3 is 2.71 bits per heavy atom. The van der Waals surface area contributed by atoms with Crippen molar-refractivity contribution in [1.29, 1.82) is 0 Å². The number of H-pyrrole nitrogens is 1. The van der Waals surface area contributed by atoms with Crippen LogP contribution in [-0.2, 0) is 11.2 Å². The Labute approximate surface area is 135 Å². The van der Waals surface area contributed by atoms with Gasteiger partial charge in [0.15, 0.2) is 0 Å². The van der Waals surface area contributed by atoms with Crippen LogP contribution in [-0.4, -0.2) is 27.1 Å². The minimum Gasteiger partial charge on any atom is -0.506 e. The van der Waals surface area contributed by atoms with Gasteiger partial charge in [-0.2, -0.15) is 0 Å². The first-order valence-electron chi connectivity index (χ1n) is 7.06. The van der Waals surface area contributed by atoms with E-state index in [0.29, 0.717) is 10.9 Å². The number of carboxylic acids is 1. The maximum Gasteiger partial charge on any atom is 0.307 e. The van der Waals surface area contributed by atoms with E-state index in [0.717, 1.165) is 17.6 Å². The molecule has 1 amide bonds. The number of carbonyl (C=O) groups excluding carboxylic acids is 1. The predicted molar refractivity (Wildman–Crippen MR) is 85.7 cm³/mol. The molecule has 0 unspecified atom stereocenters. The molecule has 24 heavy (non-hydrogen) atoms. The van der Waals surface area contributed by atoms with Gasteiger partial charge in [0.25, 0.3) is 5.91 Å². The first-order chi connectivity index (χ1) is 11.5. The number of aromatic amines is 1. The molecule has 0 aliphatic heterocycles. The molecule has 0 bridgehead atoms. The number of amides is 1. The van der Waals surface area contributed by atoms with Gasteiger partial charge in [0, 0.05) is 28.7 Å². The number of phenolic OH excluding ortho intramolecular Hbond substituents is 1. The van der Waals surface area contributed by atoms with E-state index in [1.807, 2.05) is 12.1 Å². The van der Waals surface area contributed by atoms with Crippen LogP contribution in [0.15, 0.2) is 42.6 Å². The van der Waals surface area contributed by atoms with E-state index in [9.17, 15) is 19.1 Å². The minimum atomic E-state index is -1.22. The zero-order valence-corrected chi connectivity index (χ0v) is 12.3. The number of carbonyl (C=O) groups is 2. The smallest absolute Gasteiger partial charge is 0.307 e. The number of aromatic hydroxyl groups is 1. The molecule has 1 heterocycles. The van der Waals surface area contributed by atoms with Crippen LogP contribution in [0.25, 0.3) is 10.9 Å². The fourth-order valence-electron chi connectivity index (χ4n) is 2.45. The van der Waals surface area contributed by atoms with Crippen LogP contribution >= 0.6 is 0 Å². The maximum absolute atomic E-state index is 13.9. The third-order valence-corrected chi connectivity index (χ3v) is 3.59. The summed E-state index contributed by atoms with van der Waals surface area (Å²) in [5.74, 6) is -2.96. The molecule has 0 saturated heterocycles. The van der Waals surface area contributed by atoms with E-state index in [1.165, 1.54) is 6.20 Å². The Hall–Kier alpha value is -3.35. The van der Waals surface area contributed by atoms with Crippen molar-refractivity contribution in [2.75, 3.05) is 5.32 Å². The average molecular weight is 328 g/mol. The zero-order chi connectivity index (χ0) is 17.3. The topological polar surface area (TPSA) is 102 Å². The van der Waals surface area contributed by atoms with Gasteiger partial charge in [-0.25, -0.2) is 4.39 Å². The van der Waals surface area contributed by atoms with Crippen LogP contribution in [0.4, 0.5) is 10.1 Å². The van der Waals surface area contributed by atoms with Crippen LogP contribution in [0.5, 0.6) is 5.75 Å². The number of hydrogen-bond donors (Lipinski definition) is 4. The molecule has 0 aliphatic carbocycles. The van der Waals surface area contributed by atoms with Crippen molar-refractivity contribution in [3.63, 3.8) is 0 Å². The second kappa shape index (κ2) is 6.04.